The summed E-state index contributed by atoms with van der Waals surface area (Å²) in [6.07, 6.45) is 13.5. The molecule has 0 aromatic carbocycles. The van der Waals surface area contributed by atoms with Gasteiger partial charge in [0.05, 0.1) is 0 Å². The first-order valence-corrected chi connectivity index (χ1v) is 10.4. The molecular weight excluding hydrogens is 395 g/mol. The Bertz CT molecular complexity index is 568. The van der Waals surface area contributed by atoms with Crippen LogP contribution < -0.4 is 16.0 Å². The molecule has 2 heterocycles. The molecule has 7 heteroatoms. The highest BCUT2D eigenvalue weighted by atomic mass is 35.5. The Morgan fingerprint density at radius 3 is 2.25 bits per heavy atom. The molecule has 3 rings (SSSR count). The molecule has 0 unspecified atom stereocenters. The number of anilines is 1. The average Bonchev–Trinajstić information content (AvgIpc) is 2.97. The first-order valence-electron chi connectivity index (χ1n) is 10.4. The number of pyridine rings is 1. The van der Waals surface area contributed by atoms with Gasteiger partial charge in [-0.05, 0) is 49.3 Å². The SMILES string of the molecule is Cl.Cl.NCC1(CC(=O)NCc2ccc(N3CCCCCC3)nc2)CCCCC1. The third kappa shape index (κ3) is 7.09. The Kier molecular flexibility index (Phi) is 11.2. The van der Waals surface area contributed by atoms with Gasteiger partial charge in [0.1, 0.15) is 5.82 Å². The molecule has 0 bridgehead atoms. The van der Waals surface area contributed by atoms with Crippen LogP contribution in [0.4, 0.5) is 5.82 Å². The average molecular weight is 431 g/mol. The van der Waals surface area contributed by atoms with Crippen molar-refractivity contribution in [2.45, 2.75) is 70.8 Å². The largest absolute Gasteiger partial charge is 0.357 e. The second kappa shape index (κ2) is 12.5. The molecule has 1 aromatic heterocycles. The highest BCUT2D eigenvalue weighted by Crippen LogP contribution is 2.38. The van der Waals surface area contributed by atoms with Gasteiger partial charge in [-0.25, -0.2) is 4.98 Å². The van der Waals surface area contributed by atoms with Crippen molar-refractivity contribution in [3.8, 4) is 0 Å². The maximum Gasteiger partial charge on any atom is 0.220 e. The molecule has 1 aromatic rings. The number of carbonyl (C=O) groups excluding carboxylic acids is 1. The van der Waals surface area contributed by atoms with E-state index in [1.165, 1.54) is 44.9 Å². The lowest BCUT2D eigenvalue weighted by molar-refractivity contribution is -0.124. The van der Waals surface area contributed by atoms with Gasteiger partial charge in [-0.3, -0.25) is 4.79 Å². The predicted molar refractivity (Wildman–Crippen MR) is 120 cm³/mol. The van der Waals surface area contributed by atoms with Crippen LogP contribution in [0.25, 0.3) is 0 Å². The zero-order chi connectivity index (χ0) is 18.2. The molecule has 0 radical (unpaired) electrons. The molecule has 3 N–H and O–H groups in total. The topological polar surface area (TPSA) is 71.2 Å². The van der Waals surface area contributed by atoms with E-state index in [-0.39, 0.29) is 36.1 Å². The lowest BCUT2D eigenvalue weighted by Gasteiger charge is -2.35. The van der Waals surface area contributed by atoms with Crippen molar-refractivity contribution in [3.63, 3.8) is 0 Å². The van der Waals surface area contributed by atoms with Gasteiger partial charge in [0.25, 0.3) is 0 Å². The number of amides is 1. The minimum atomic E-state index is 0. The number of nitrogens with one attached hydrogen (secondary N) is 1. The zero-order valence-corrected chi connectivity index (χ0v) is 18.5. The first kappa shape index (κ1) is 25.0. The van der Waals surface area contributed by atoms with Crippen LogP contribution in [0.15, 0.2) is 18.3 Å². The normalized spacial score (nSPS) is 19.0. The fraction of sp³-hybridized carbons (Fsp3) is 0.714. The number of rotatable bonds is 6. The van der Waals surface area contributed by atoms with Gasteiger partial charge in [0.2, 0.25) is 5.91 Å². The molecule has 1 amide bonds. The van der Waals surface area contributed by atoms with Crippen LogP contribution in [0, 0.1) is 5.41 Å². The summed E-state index contributed by atoms with van der Waals surface area (Å²) in [7, 11) is 0. The Morgan fingerprint density at radius 1 is 1.04 bits per heavy atom. The highest BCUT2D eigenvalue weighted by molar-refractivity contribution is 5.85. The Hall–Kier alpha value is -1.04. The molecule has 1 aliphatic heterocycles. The van der Waals surface area contributed by atoms with Crippen molar-refractivity contribution >= 4 is 36.5 Å². The summed E-state index contributed by atoms with van der Waals surface area (Å²) in [4.78, 5) is 19.4. The van der Waals surface area contributed by atoms with Crippen LogP contribution in [0.1, 0.15) is 69.8 Å². The minimum Gasteiger partial charge on any atom is -0.357 e. The lowest BCUT2D eigenvalue weighted by atomic mass is 9.71. The summed E-state index contributed by atoms with van der Waals surface area (Å²) in [5.74, 6) is 1.18. The Morgan fingerprint density at radius 2 is 1.68 bits per heavy atom. The maximum atomic E-state index is 12.4. The molecule has 1 aliphatic carbocycles. The van der Waals surface area contributed by atoms with E-state index in [4.69, 9.17) is 5.73 Å². The smallest absolute Gasteiger partial charge is 0.220 e. The van der Waals surface area contributed by atoms with Crippen LogP contribution in [0.2, 0.25) is 0 Å². The Labute approximate surface area is 182 Å². The summed E-state index contributed by atoms with van der Waals surface area (Å²) >= 11 is 0. The number of hydrogen-bond donors (Lipinski definition) is 2. The molecular formula is C21H36Cl2N4O. The summed E-state index contributed by atoms with van der Waals surface area (Å²) in [5.41, 5.74) is 7.08. The van der Waals surface area contributed by atoms with Gasteiger partial charge in [0.15, 0.2) is 0 Å². The van der Waals surface area contributed by atoms with Crippen molar-refractivity contribution in [1.82, 2.24) is 10.3 Å². The minimum absolute atomic E-state index is 0. The molecule has 160 valence electrons. The van der Waals surface area contributed by atoms with Gasteiger partial charge < -0.3 is 16.0 Å². The molecule has 0 atom stereocenters. The van der Waals surface area contributed by atoms with Crippen molar-refractivity contribution in [1.29, 1.82) is 0 Å². The van der Waals surface area contributed by atoms with Crippen molar-refractivity contribution < 1.29 is 4.79 Å². The summed E-state index contributed by atoms with van der Waals surface area (Å²) in [5, 5.41) is 3.07. The Balaban J connectivity index is 0.00000196. The van der Waals surface area contributed by atoms with Gasteiger partial charge in [-0.1, -0.05) is 38.2 Å². The third-order valence-corrected chi connectivity index (χ3v) is 6.11. The second-order valence-corrected chi connectivity index (χ2v) is 8.14. The number of nitrogens with two attached hydrogens (primary N) is 1. The lowest BCUT2D eigenvalue weighted by Crippen LogP contribution is -2.38. The predicted octanol–water partition coefficient (Wildman–Crippen LogP) is 4.22. The summed E-state index contributed by atoms with van der Waals surface area (Å²) in [6.45, 7) is 3.37. The quantitative estimate of drug-likeness (QED) is 0.708. The van der Waals surface area contributed by atoms with Crippen LogP contribution in [-0.2, 0) is 11.3 Å². The van der Waals surface area contributed by atoms with E-state index < -0.39 is 0 Å². The summed E-state index contributed by atoms with van der Waals surface area (Å²) in [6, 6.07) is 4.18. The van der Waals surface area contributed by atoms with E-state index in [2.05, 4.69) is 27.3 Å². The molecule has 1 saturated carbocycles. The van der Waals surface area contributed by atoms with E-state index in [0.29, 0.717) is 19.5 Å². The maximum absolute atomic E-state index is 12.4. The van der Waals surface area contributed by atoms with E-state index in [1.54, 1.807) is 0 Å². The molecule has 28 heavy (non-hydrogen) atoms. The first-order chi connectivity index (χ1) is 12.7. The van der Waals surface area contributed by atoms with Crippen LogP contribution in [-0.4, -0.2) is 30.5 Å². The number of carbonyl (C=O) groups is 1. The van der Waals surface area contributed by atoms with Gasteiger partial charge in [-0.2, -0.15) is 0 Å². The molecule has 0 spiro atoms. The monoisotopic (exact) mass is 430 g/mol. The molecule has 2 fully saturated rings. The number of hydrogen-bond acceptors (Lipinski definition) is 4. The van der Waals surface area contributed by atoms with Crippen LogP contribution in [0.5, 0.6) is 0 Å². The van der Waals surface area contributed by atoms with Crippen LogP contribution >= 0.6 is 24.8 Å². The molecule has 5 nitrogen and oxygen atoms in total. The third-order valence-electron chi connectivity index (χ3n) is 6.11. The van der Waals surface area contributed by atoms with Crippen LogP contribution in [0.3, 0.4) is 0 Å². The standard InChI is InChI=1S/C21H34N4O.2ClH/c22-17-21(10-4-3-5-11-21)14-20(26)24-16-18-8-9-19(23-15-18)25-12-6-1-2-7-13-25;;/h8-9,15H,1-7,10-14,16-17,22H2,(H,24,26);2*1H. The second-order valence-electron chi connectivity index (χ2n) is 8.14. The zero-order valence-electron chi connectivity index (χ0n) is 16.8. The van der Waals surface area contributed by atoms with E-state index in [0.717, 1.165) is 37.3 Å². The number of halogens is 2. The van der Waals surface area contributed by atoms with Gasteiger partial charge >= 0.3 is 0 Å². The van der Waals surface area contributed by atoms with E-state index in [9.17, 15) is 4.79 Å². The van der Waals surface area contributed by atoms with Gasteiger partial charge in [0, 0.05) is 32.3 Å². The number of aromatic nitrogens is 1. The van der Waals surface area contributed by atoms with E-state index in [1.807, 2.05) is 6.20 Å². The van der Waals surface area contributed by atoms with Crippen molar-refractivity contribution in [2.75, 3.05) is 24.5 Å². The van der Waals surface area contributed by atoms with Crippen molar-refractivity contribution in [2.24, 2.45) is 11.1 Å². The fourth-order valence-electron chi connectivity index (χ4n) is 4.37. The molecule has 1 saturated heterocycles. The number of nitrogens with zero attached hydrogens (tertiary/aromatic N) is 2. The molecule has 2 aliphatic rings. The highest BCUT2D eigenvalue weighted by Gasteiger charge is 2.32. The van der Waals surface area contributed by atoms with Crippen molar-refractivity contribution in [3.05, 3.63) is 23.9 Å². The fourth-order valence-corrected chi connectivity index (χ4v) is 4.37. The summed E-state index contributed by atoms with van der Waals surface area (Å²) < 4.78 is 0. The van der Waals surface area contributed by atoms with Gasteiger partial charge in [-0.15, -0.1) is 24.8 Å². The van der Waals surface area contributed by atoms with E-state index >= 15 is 0 Å².